The van der Waals surface area contributed by atoms with E-state index < -0.39 is 0 Å². The highest BCUT2D eigenvalue weighted by Gasteiger charge is 1.74. The van der Waals surface area contributed by atoms with Gasteiger partial charge in [-0.1, -0.05) is 10.3 Å². The van der Waals surface area contributed by atoms with Crippen molar-refractivity contribution in [1.82, 2.24) is 0 Å². The van der Waals surface area contributed by atoms with Gasteiger partial charge in [-0.15, -0.1) is 0 Å². The van der Waals surface area contributed by atoms with Crippen LogP contribution in [0.1, 0.15) is 13.3 Å². The Labute approximate surface area is 60.5 Å². The molecule has 0 saturated heterocycles. The lowest BCUT2D eigenvalue weighted by Gasteiger charge is -1.86. The van der Waals surface area contributed by atoms with E-state index in [4.69, 9.17) is 0 Å². The molecule has 0 aromatic rings. The third-order valence-corrected chi connectivity index (χ3v) is 0.621. The molecule has 0 aromatic carbocycles. The Morgan fingerprint density at radius 2 is 2.40 bits per heavy atom. The van der Waals surface area contributed by atoms with E-state index in [-0.39, 0.29) is 0 Å². The molecule has 0 heterocycles. The van der Waals surface area contributed by atoms with Crippen LogP contribution >= 0.6 is 0 Å². The first-order valence-electron chi connectivity index (χ1n) is 3.01. The number of hydrogen-bond acceptors (Lipinski definition) is 4. The van der Waals surface area contributed by atoms with E-state index >= 15 is 0 Å². The molecule has 57 valence electrons. The Morgan fingerprint density at radius 3 is 3.00 bits per heavy atom. The number of oxime groups is 1. The van der Waals surface area contributed by atoms with Crippen molar-refractivity contribution >= 4 is 12.4 Å². The molecule has 0 saturated carbocycles. The van der Waals surface area contributed by atoms with Crippen LogP contribution < -0.4 is 0 Å². The van der Waals surface area contributed by atoms with Crippen molar-refractivity contribution in [2.75, 3.05) is 13.7 Å². The second kappa shape index (κ2) is 7.94. The molecular weight excluding hydrogens is 132 g/mol. The van der Waals surface area contributed by atoms with Crippen LogP contribution in [-0.2, 0) is 9.68 Å². The van der Waals surface area contributed by atoms with Gasteiger partial charge in [0.25, 0.3) is 0 Å². The van der Waals surface area contributed by atoms with Gasteiger partial charge in [-0.2, -0.15) is 0 Å². The van der Waals surface area contributed by atoms with Gasteiger partial charge >= 0.3 is 0 Å². The molecule has 0 aliphatic heterocycles. The molecule has 10 heavy (non-hydrogen) atoms. The molecule has 0 atom stereocenters. The Morgan fingerprint density at radius 1 is 1.60 bits per heavy atom. The maximum absolute atomic E-state index is 4.63. The van der Waals surface area contributed by atoms with Crippen molar-refractivity contribution in [2.24, 2.45) is 10.3 Å². The quantitative estimate of drug-likeness (QED) is 0.424. The Balaban J connectivity index is 3.09. The summed E-state index contributed by atoms with van der Waals surface area (Å²) in [6.07, 6.45) is 4.65. The van der Waals surface area contributed by atoms with Gasteiger partial charge < -0.3 is 9.68 Å². The van der Waals surface area contributed by atoms with E-state index in [1.165, 1.54) is 7.11 Å². The molecule has 0 fully saturated rings. The van der Waals surface area contributed by atoms with Gasteiger partial charge in [0.1, 0.15) is 19.9 Å². The predicted molar refractivity (Wildman–Crippen MR) is 39.2 cm³/mol. The third kappa shape index (κ3) is 6.94. The van der Waals surface area contributed by atoms with Crippen molar-refractivity contribution in [1.29, 1.82) is 0 Å². The van der Waals surface area contributed by atoms with Crippen LogP contribution in [0.15, 0.2) is 10.3 Å². The smallest absolute Gasteiger partial charge is 0.114 e. The minimum Gasteiger partial charge on any atom is -0.399 e. The van der Waals surface area contributed by atoms with Crippen LogP contribution in [0.5, 0.6) is 0 Å². The molecule has 0 bridgehead atoms. The SMILES string of the molecule is CCO/N=[C]/CC=NOC. The van der Waals surface area contributed by atoms with E-state index in [1.54, 1.807) is 6.21 Å². The summed E-state index contributed by atoms with van der Waals surface area (Å²) >= 11 is 0. The first-order valence-corrected chi connectivity index (χ1v) is 3.01. The minimum atomic E-state index is 0.508. The van der Waals surface area contributed by atoms with Crippen LogP contribution in [-0.4, -0.2) is 26.1 Å². The Kier molecular flexibility index (Phi) is 7.10. The van der Waals surface area contributed by atoms with E-state index in [0.29, 0.717) is 13.0 Å². The molecular formula is C6H11N2O2. The zero-order valence-electron chi connectivity index (χ0n) is 6.20. The predicted octanol–water partition coefficient (Wildman–Crippen LogP) is 0.908. The molecule has 1 radical (unpaired) electrons. The van der Waals surface area contributed by atoms with Crippen LogP contribution in [0.2, 0.25) is 0 Å². The third-order valence-electron chi connectivity index (χ3n) is 0.621. The van der Waals surface area contributed by atoms with Crippen LogP contribution in [0.3, 0.4) is 0 Å². The van der Waals surface area contributed by atoms with E-state index in [1.807, 2.05) is 6.92 Å². The second-order valence-corrected chi connectivity index (χ2v) is 1.34. The average Bonchev–Trinajstić information content (AvgIpc) is 1.97. The molecule has 0 unspecified atom stereocenters. The van der Waals surface area contributed by atoms with Gasteiger partial charge in [-0.25, -0.2) is 0 Å². The molecule has 0 aliphatic rings. The summed E-state index contributed by atoms with van der Waals surface area (Å²) < 4.78 is 0. The van der Waals surface area contributed by atoms with Crippen LogP contribution in [0.25, 0.3) is 0 Å². The van der Waals surface area contributed by atoms with Gasteiger partial charge in [0.15, 0.2) is 0 Å². The standard InChI is InChI=1S/C6H11N2O2/c1-3-10-8-6-4-5-7-9-2/h5H,3-4H2,1-2H3. The normalized spacial score (nSPS) is 11.0. The highest BCUT2D eigenvalue weighted by molar-refractivity contribution is 5.78. The van der Waals surface area contributed by atoms with Gasteiger partial charge in [0.05, 0.1) is 0 Å². The van der Waals surface area contributed by atoms with E-state index in [2.05, 4.69) is 26.2 Å². The number of nitrogens with zero attached hydrogens (tertiary/aromatic N) is 2. The summed E-state index contributed by atoms with van der Waals surface area (Å²) in [5.74, 6) is 0. The monoisotopic (exact) mass is 143 g/mol. The van der Waals surface area contributed by atoms with Gasteiger partial charge in [-0.3, -0.25) is 0 Å². The van der Waals surface area contributed by atoms with E-state index in [9.17, 15) is 0 Å². The topological polar surface area (TPSA) is 43.2 Å². The van der Waals surface area contributed by atoms with Crippen molar-refractivity contribution < 1.29 is 9.68 Å². The molecule has 0 aromatic heterocycles. The average molecular weight is 143 g/mol. The summed E-state index contributed by atoms with van der Waals surface area (Å²) in [5, 5.41) is 6.93. The highest BCUT2D eigenvalue weighted by Crippen LogP contribution is 1.74. The lowest BCUT2D eigenvalue weighted by molar-refractivity contribution is 0.160. The fourth-order valence-electron chi connectivity index (χ4n) is 0.300. The fraction of sp³-hybridized carbons (Fsp3) is 0.667. The molecule has 4 nitrogen and oxygen atoms in total. The van der Waals surface area contributed by atoms with Crippen molar-refractivity contribution in [3.63, 3.8) is 0 Å². The number of hydrogen-bond donors (Lipinski definition) is 0. The molecule has 0 aliphatic carbocycles. The lowest BCUT2D eigenvalue weighted by Crippen LogP contribution is -1.82. The summed E-state index contributed by atoms with van der Waals surface area (Å²) in [4.78, 5) is 9.02. The zero-order valence-corrected chi connectivity index (χ0v) is 6.20. The Bertz CT molecular complexity index is 112. The molecule has 0 spiro atoms. The zero-order chi connectivity index (χ0) is 7.66. The summed E-state index contributed by atoms with van der Waals surface area (Å²) in [5.41, 5.74) is 0. The Hall–Kier alpha value is -1.06. The number of rotatable bonds is 5. The van der Waals surface area contributed by atoms with Crippen LogP contribution in [0.4, 0.5) is 0 Å². The van der Waals surface area contributed by atoms with Crippen molar-refractivity contribution in [3.05, 3.63) is 0 Å². The fourth-order valence-corrected chi connectivity index (χ4v) is 0.300. The van der Waals surface area contributed by atoms with Gasteiger partial charge in [0, 0.05) is 12.6 Å². The van der Waals surface area contributed by atoms with Gasteiger partial charge in [0.2, 0.25) is 0 Å². The lowest BCUT2D eigenvalue weighted by atomic mass is 10.5. The minimum absolute atomic E-state index is 0.508. The molecule has 4 heteroatoms. The molecule has 0 rings (SSSR count). The van der Waals surface area contributed by atoms with E-state index in [0.717, 1.165) is 0 Å². The first-order chi connectivity index (χ1) is 4.91. The van der Waals surface area contributed by atoms with Crippen LogP contribution in [0, 0.1) is 0 Å². The van der Waals surface area contributed by atoms with Crippen molar-refractivity contribution in [2.45, 2.75) is 13.3 Å². The second-order valence-electron chi connectivity index (χ2n) is 1.34. The summed E-state index contributed by atoms with van der Waals surface area (Å²) in [6.45, 7) is 2.42. The maximum Gasteiger partial charge on any atom is 0.114 e. The highest BCUT2D eigenvalue weighted by atomic mass is 16.6. The van der Waals surface area contributed by atoms with Crippen molar-refractivity contribution in [3.8, 4) is 0 Å². The molecule has 0 N–H and O–H groups in total. The summed E-state index contributed by atoms with van der Waals surface area (Å²) in [6, 6.07) is 0. The maximum atomic E-state index is 4.63. The largest absolute Gasteiger partial charge is 0.399 e. The summed E-state index contributed by atoms with van der Waals surface area (Å²) in [7, 11) is 1.48. The van der Waals surface area contributed by atoms with Gasteiger partial charge in [-0.05, 0) is 6.92 Å². The first kappa shape index (κ1) is 8.94. The molecule has 0 amide bonds.